The quantitative estimate of drug-likeness (QED) is 0.137. The zero-order valence-corrected chi connectivity index (χ0v) is 25.7. The third-order valence-electron chi connectivity index (χ3n) is 7.90. The second-order valence-corrected chi connectivity index (χ2v) is 12.4. The molecule has 5 rings (SSSR count). The molecule has 3 heterocycles. The second kappa shape index (κ2) is 13.8. The van der Waals surface area contributed by atoms with Crippen LogP contribution in [0.3, 0.4) is 0 Å². The first-order chi connectivity index (χ1) is 22.1. The molecule has 2 aromatic rings. The Morgan fingerprint density at radius 3 is 2.21 bits per heavy atom. The number of Topliss-reactive ketones (excluding diaryl/α,β-unsaturated/α-hetero) is 1. The molecule has 0 amide bonds. The van der Waals surface area contributed by atoms with Gasteiger partial charge in [0.1, 0.15) is 71.6 Å². The average molecular weight is 691 g/mol. The molecule has 0 unspecified atom stereocenters. The highest BCUT2D eigenvalue weighted by molar-refractivity contribution is 7.46. The molecule has 18 nitrogen and oxygen atoms in total. The van der Waals surface area contributed by atoms with Gasteiger partial charge in [-0.3, -0.25) is 14.6 Å². The Bertz CT molecular complexity index is 1500. The maximum absolute atomic E-state index is 13.2. The Kier molecular flexibility index (Phi) is 10.3. The van der Waals surface area contributed by atoms with Crippen LogP contribution < -0.4 is 18.7 Å². The number of methoxy groups -OCH3 is 1. The summed E-state index contributed by atoms with van der Waals surface area (Å²) in [5, 5.41) is 72.0. The van der Waals surface area contributed by atoms with E-state index in [0.29, 0.717) is 5.56 Å². The molecule has 0 aromatic heterocycles. The summed E-state index contributed by atoms with van der Waals surface area (Å²) in [5.41, 5.74) is 0.0367. The lowest BCUT2D eigenvalue weighted by molar-refractivity contribution is -0.318. The van der Waals surface area contributed by atoms with Gasteiger partial charge in [0.05, 0.1) is 26.2 Å². The number of aromatic hydroxyl groups is 1. The molecule has 0 aliphatic carbocycles. The van der Waals surface area contributed by atoms with Crippen LogP contribution in [0.4, 0.5) is 0 Å². The summed E-state index contributed by atoms with van der Waals surface area (Å²) >= 11 is 0. The van der Waals surface area contributed by atoms with Crippen LogP contribution >= 0.6 is 7.82 Å². The van der Waals surface area contributed by atoms with Gasteiger partial charge in [-0.15, -0.1) is 0 Å². The van der Waals surface area contributed by atoms with Gasteiger partial charge >= 0.3 is 7.82 Å². The Morgan fingerprint density at radius 1 is 0.872 bits per heavy atom. The van der Waals surface area contributed by atoms with E-state index in [1.165, 1.54) is 32.2 Å². The third-order valence-corrected chi connectivity index (χ3v) is 8.34. The van der Waals surface area contributed by atoms with E-state index in [4.69, 9.17) is 32.9 Å². The monoisotopic (exact) mass is 690 g/mol. The maximum atomic E-state index is 13.2. The fourth-order valence-corrected chi connectivity index (χ4v) is 5.79. The smallest absolute Gasteiger partial charge is 0.504 e. The van der Waals surface area contributed by atoms with Crippen molar-refractivity contribution in [2.24, 2.45) is 0 Å². The van der Waals surface area contributed by atoms with E-state index < -0.39 is 93.5 Å². The molecule has 2 saturated heterocycles. The van der Waals surface area contributed by atoms with E-state index >= 15 is 0 Å². The van der Waals surface area contributed by atoms with Crippen LogP contribution in [0.1, 0.15) is 35.4 Å². The number of carbonyl (C=O) groups excluding carboxylic acids is 1. The lowest BCUT2D eigenvalue weighted by Crippen LogP contribution is -2.61. The number of phosphoric acid groups is 1. The average Bonchev–Trinajstić information content (AvgIpc) is 3.00. The van der Waals surface area contributed by atoms with Crippen molar-refractivity contribution >= 4 is 13.6 Å². The van der Waals surface area contributed by atoms with E-state index in [9.17, 15) is 54.9 Å². The molecule has 47 heavy (non-hydrogen) atoms. The first-order valence-corrected chi connectivity index (χ1v) is 15.8. The Morgan fingerprint density at radius 2 is 1.55 bits per heavy atom. The van der Waals surface area contributed by atoms with Crippen molar-refractivity contribution in [3.8, 4) is 28.7 Å². The van der Waals surface area contributed by atoms with Crippen LogP contribution in [-0.2, 0) is 18.8 Å². The molecule has 11 atom stereocenters. The molecular formula is C28H35O18P. The summed E-state index contributed by atoms with van der Waals surface area (Å²) in [7, 11) is -3.89. The molecule has 0 saturated carbocycles. The molecular weight excluding hydrogens is 655 g/mol. The largest absolute Gasteiger partial charge is 0.524 e. The van der Waals surface area contributed by atoms with Crippen molar-refractivity contribution in [2.75, 3.05) is 13.7 Å². The fraction of sp³-hybridized carbons (Fsp3) is 0.536. The molecule has 2 aromatic carbocycles. The van der Waals surface area contributed by atoms with Gasteiger partial charge in [-0.2, -0.15) is 0 Å². The summed E-state index contributed by atoms with van der Waals surface area (Å²) < 4.78 is 49.6. The van der Waals surface area contributed by atoms with E-state index in [1.54, 1.807) is 0 Å². The Labute approximate surface area is 266 Å². The number of hydrogen-bond donors (Lipinski definition) is 9. The predicted molar refractivity (Wildman–Crippen MR) is 152 cm³/mol. The van der Waals surface area contributed by atoms with E-state index in [-0.39, 0.29) is 35.0 Å². The van der Waals surface area contributed by atoms with Crippen molar-refractivity contribution in [3.05, 3.63) is 41.5 Å². The highest BCUT2D eigenvalue weighted by Crippen LogP contribution is 2.48. The third kappa shape index (κ3) is 7.49. The SMILES string of the molecule is COc1ccc([C@@H]2CC(=O)c3c(cc(O[C@@H]4O[C@H](CO[C@@H]5O[C@@H](C)[C@H](O)[C@@H](O)[C@H]5O)[C@@H](O)[C@H](O)[C@H]4O)cc3OP(=O)(O)O)O2)cc1O. The van der Waals surface area contributed by atoms with Crippen molar-refractivity contribution < 1.29 is 87.8 Å². The molecule has 9 N–H and O–H groups in total. The number of rotatable bonds is 9. The summed E-state index contributed by atoms with van der Waals surface area (Å²) in [6, 6.07) is 6.38. The van der Waals surface area contributed by atoms with Crippen LogP contribution in [-0.4, -0.2) is 126 Å². The van der Waals surface area contributed by atoms with E-state index in [2.05, 4.69) is 0 Å². The van der Waals surface area contributed by atoms with Crippen molar-refractivity contribution in [2.45, 2.75) is 80.9 Å². The number of phenols is 1. The topological polar surface area (TPSA) is 281 Å². The molecule has 0 bridgehead atoms. The summed E-state index contributed by atoms with van der Waals surface area (Å²) in [5.74, 6) is -1.89. The lowest BCUT2D eigenvalue weighted by atomic mass is 9.95. The molecule has 0 radical (unpaired) electrons. The Balaban J connectivity index is 1.39. The molecule has 3 aliphatic heterocycles. The number of ketones is 1. The minimum absolute atomic E-state index is 0.166. The van der Waals surface area contributed by atoms with E-state index in [0.717, 1.165) is 12.1 Å². The van der Waals surface area contributed by atoms with Gasteiger partial charge < -0.3 is 68.7 Å². The van der Waals surface area contributed by atoms with Crippen molar-refractivity contribution in [1.29, 1.82) is 0 Å². The summed E-state index contributed by atoms with van der Waals surface area (Å²) in [6.45, 7) is 0.849. The number of aliphatic hydroxyl groups is 6. The second-order valence-electron chi connectivity index (χ2n) is 11.2. The van der Waals surface area contributed by atoms with Crippen LogP contribution in [0.2, 0.25) is 0 Å². The first-order valence-electron chi connectivity index (χ1n) is 14.3. The number of phosphoric ester groups is 1. The number of phenolic OH excluding ortho intramolecular Hbond substituents is 1. The van der Waals surface area contributed by atoms with Gasteiger partial charge in [-0.05, 0) is 24.6 Å². The number of ether oxygens (including phenoxy) is 6. The zero-order chi connectivity index (χ0) is 34.4. The number of carbonyl (C=O) groups is 1. The predicted octanol–water partition coefficient (Wildman–Crippen LogP) is -1.39. The minimum Gasteiger partial charge on any atom is -0.504 e. The summed E-state index contributed by atoms with van der Waals surface area (Å²) in [4.78, 5) is 32.2. The van der Waals surface area contributed by atoms with Gasteiger partial charge in [0, 0.05) is 12.1 Å². The molecule has 0 spiro atoms. The first kappa shape index (κ1) is 35.2. The highest BCUT2D eigenvalue weighted by atomic mass is 31.2. The molecule has 260 valence electrons. The molecule has 2 fully saturated rings. The van der Waals surface area contributed by atoms with Crippen LogP contribution in [0.5, 0.6) is 28.7 Å². The van der Waals surface area contributed by atoms with Gasteiger partial charge in [0.25, 0.3) is 0 Å². The van der Waals surface area contributed by atoms with Gasteiger partial charge in [-0.25, -0.2) is 4.57 Å². The van der Waals surface area contributed by atoms with Gasteiger partial charge in [0.15, 0.2) is 23.6 Å². The standard InChI is InChI=1S/C28H35O18P/c1-10-21(31)23(33)25(35)27(42-10)41-9-19-22(32)24(34)26(36)28(45-19)43-12-6-17-20(18(7-12)46-47(37,38)39)14(30)8-16(44-17)11-3-4-15(40-2)13(29)5-11/h3-7,10,16,19,21-29,31-36H,8-9H2,1-2H3,(H2,37,38,39)/t10-,16-,19+,21-,22+,23+,24-,25+,26+,27+,28+/m0/s1. The minimum atomic E-state index is -5.24. The van der Waals surface area contributed by atoms with Crippen LogP contribution in [0.25, 0.3) is 0 Å². The lowest BCUT2D eigenvalue weighted by Gasteiger charge is -2.42. The number of fused-ring (bicyclic) bond motifs is 1. The fourth-order valence-electron chi connectivity index (χ4n) is 5.39. The van der Waals surface area contributed by atoms with Crippen molar-refractivity contribution in [3.63, 3.8) is 0 Å². The normalized spacial score (nSPS) is 34.3. The van der Waals surface area contributed by atoms with Crippen LogP contribution in [0.15, 0.2) is 30.3 Å². The number of aliphatic hydroxyl groups excluding tert-OH is 6. The van der Waals surface area contributed by atoms with Crippen LogP contribution in [0, 0.1) is 0 Å². The Hall–Kier alpha value is -3.10. The molecule has 19 heteroatoms. The maximum Gasteiger partial charge on any atom is 0.524 e. The number of benzene rings is 2. The van der Waals surface area contributed by atoms with Gasteiger partial charge in [0.2, 0.25) is 6.29 Å². The zero-order valence-electron chi connectivity index (χ0n) is 24.8. The summed E-state index contributed by atoms with van der Waals surface area (Å²) in [6.07, 6.45) is -17.1. The number of hydrogen-bond acceptors (Lipinski definition) is 16. The van der Waals surface area contributed by atoms with Gasteiger partial charge in [-0.1, -0.05) is 6.07 Å². The van der Waals surface area contributed by atoms with Crippen molar-refractivity contribution in [1.82, 2.24) is 0 Å². The molecule has 3 aliphatic rings. The highest BCUT2D eigenvalue weighted by Gasteiger charge is 2.47. The van der Waals surface area contributed by atoms with E-state index in [1.807, 2.05) is 0 Å².